The Morgan fingerprint density at radius 1 is 0.352 bits per heavy atom. The van der Waals surface area contributed by atoms with Gasteiger partial charge in [-0.25, -0.2) is 0 Å². The normalized spacial score (nSPS) is 14.1. The summed E-state index contributed by atoms with van der Waals surface area (Å²) >= 11 is 0. The number of hydrogen-bond acceptors (Lipinski definition) is 2. The molecule has 0 saturated heterocycles. The van der Waals surface area contributed by atoms with Crippen molar-refractivity contribution in [1.29, 1.82) is 0 Å². The molecule has 2 heterocycles. The first-order valence-corrected chi connectivity index (χ1v) is 17.9. The first kappa shape index (κ1) is 22.7. The molecule has 0 radical (unpaired) electrons. The third-order valence-electron chi connectivity index (χ3n) is 10.9. The minimum atomic E-state index is -0.474. The molecule has 0 aliphatic carbocycles. The molecule has 0 N–H and O–H groups in total. The van der Waals surface area contributed by atoms with Gasteiger partial charge in [-0.05, 0) is 95.7 Å². The van der Waals surface area contributed by atoms with Crippen LogP contribution in [0, 0.1) is 0 Å². The summed E-state index contributed by atoms with van der Waals surface area (Å²) in [5, 5.41) is 7.04. The predicted molar refractivity (Wildman–Crippen MR) is 227 cm³/mol. The van der Waals surface area contributed by atoms with Gasteiger partial charge in [-0.2, -0.15) is 0 Å². The predicted octanol–water partition coefficient (Wildman–Crippen LogP) is 15.1. The quantitative estimate of drug-likeness (QED) is 0.136. The van der Waals surface area contributed by atoms with Crippen LogP contribution in [0.3, 0.4) is 0 Å². The third kappa shape index (κ3) is 4.11. The van der Waals surface area contributed by atoms with Crippen LogP contribution in [0.25, 0.3) is 120 Å². The molecule has 250 valence electrons. The van der Waals surface area contributed by atoms with E-state index in [4.69, 9.17) is 14.3 Å². The summed E-state index contributed by atoms with van der Waals surface area (Å²) in [4.78, 5) is 0. The number of benzene rings is 10. The fourth-order valence-corrected chi connectivity index (χ4v) is 8.58. The van der Waals surface area contributed by atoms with Crippen LogP contribution >= 0.6 is 0 Å². The summed E-state index contributed by atoms with van der Waals surface area (Å²) < 4.78 is 88.4. The second-order valence-electron chi connectivity index (χ2n) is 13.7. The van der Waals surface area contributed by atoms with Crippen molar-refractivity contribution in [3.8, 4) is 33.4 Å². The van der Waals surface area contributed by atoms with Gasteiger partial charge in [0.2, 0.25) is 0 Å². The van der Waals surface area contributed by atoms with E-state index in [-0.39, 0.29) is 56.8 Å². The smallest absolute Gasteiger partial charge is 0.144 e. The van der Waals surface area contributed by atoms with Crippen LogP contribution in [0.15, 0.2) is 191 Å². The molecule has 10 aromatic carbocycles. The number of rotatable bonds is 3. The second kappa shape index (κ2) is 11.2. The highest BCUT2D eigenvalue weighted by atomic mass is 16.3. The van der Waals surface area contributed by atoms with Crippen molar-refractivity contribution in [2.75, 3.05) is 0 Å². The summed E-state index contributed by atoms with van der Waals surface area (Å²) in [7, 11) is 0. The lowest BCUT2D eigenvalue weighted by molar-refractivity contribution is 0.664. The van der Waals surface area contributed by atoms with Crippen LogP contribution in [-0.4, -0.2) is 0 Å². The van der Waals surface area contributed by atoms with Crippen molar-refractivity contribution in [3.63, 3.8) is 0 Å². The lowest BCUT2D eigenvalue weighted by Gasteiger charge is -2.19. The van der Waals surface area contributed by atoms with E-state index in [1.54, 1.807) is 0 Å². The SMILES string of the molecule is [2H]c1c([2H])c([2H])c2c(-c3c4oc5ccccc5c4cc4oc5ccccc5c34)c3c([2H])c([2H])c([2H])c([2H])c3c(-c3ccc4cc(-c5ccccc5)c5ccccc5c4c3)c2c1[2H]. The van der Waals surface area contributed by atoms with Crippen LogP contribution in [0.4, 0.5) is 0 Å². The Bertz CT molecular complexity index is 3880. The highest BCUT2D eigenvalue weighted by Crippen LogP contribution is 2.51. The monoisotopic (exact) mass is 694 g/mol. The van der Waals surface area contributed by atoms with E-state index in [1.165, 1.54) is 0 Å². The molecule has 12 rings (SSSR count). The Morgan fingerprint density at radius 2 is 0.944 bits per heavy atom. The van der Waals surface area contributed by atoms with Crippen molar-refractivity contribution in [1.82, 2.24) is 0 Å². The lowest BCUT2D eigenvalue weighted by atomic mass is 9.83. The van der Waals surface area contributed by atoms with E-state index < -0.39 is 24.2 Å². The Balaban J connectivity index is 1.33. The van der Waals surface area contributed by atoms with Gasteiger partial charge in [0, 0.05) is 32.7 Å². The zero-order chi connectivity index (χ0) is 42.3. The first-order chi connectivity index (χ1) is 30.1. The highest BCUT2D eigenvalue weighted by molar-refractivity contribution is 6.31. The van der Waals surface area contributed by atoms with Gasteiger partial charge in [0.05, 0.1) is 11.0 Å². The standard InChI is InChI=1S/C52H30O2/c1-2-14-31(15-3-1)42-28-32-26-27-33(29-43(32)35-17-5-4-16-34(35)42)48-37-19-6-8-21-39(37)49(40-22-9-7-20-38(40)48)51-50-41-23-11-13-25-46(41)53-47(50)30-44-36-18-10-12-24-45(36)54-52(44)51/h1-30H/i6D,7D,8D,9D,19D,20D,21D,22D. The maximum atomic E-state index is 9.73. The van der Waals surface area contributed by atoms with Crippen LogP contribution < -0.4 is 0 Å². The highest BCUT2D eigenvalue weighted by Gasteiger charge is 2.25. The van der Waals surface area contributed by atoms with Gasteiger partial charge in [-0.15, -0.1) is 0 Å². The summed E-state index contributed by atoms with van der Waals surface area (Å²) in [6.45, 7) is 0. The van der Waals surface area contributed by atoms with Crippen LogP contribution in [0.5, 0.6) is 0 Å². The molecule has 0 spiro atoms. The zero-order valence-corrected chi connectivity index (χ0v) is 28.5. The van der Waals surface area contributed by atoms with Crippen molar-refractivity contribution < 1.29 is 19.8 Å². The lowest BCUT2D eigenvalue weighted by Crippen LogP contribution is -1.92. The molecule has 0 fully saturated rings. The minimum Gasteiger partial charge on any atom is -0.456 e. The largest absolute Gasteiger partial charge is 0.456 e. The van der Waals surface area contributed by atoms with Gasteiger partial charge in [-0.3, -0.25) is 0 Å². The molecule has 0 bridgehead atoms. The van der Waals surface area contributed by atoms with Crippen LogP contribution in [-0.2, 0) is 0 Å². The molecule has 2 heteroatoms. The molecule has 0 unspecified atom stereocenters. The van der Waals surface area contributed by atoms with Gasteiger partial charge in [0.15, 0.2) is 0 Å². The van der Waals surface area contributed by atoms with Crippen molar-refractivity contribution in [2.45, 2.75) is 0 Å². The van der Waals surface area contributed by atoms with Gasteiger partial charge in [-0.1, -0.05) is 151 Å². The topological polar surface area (TPSA) is 26.3 Å². The van der Waals surface area contributed by atoms with Gasteiger partial charge in [0.25, 0.3) is 0 Å². The molecule has 0 aliphatic heterocycles. The molecule has 12 aromatic rings. The third-order valence-corrected chi connectivity index (χ3v) is 10.9. The molecule has 2 aromatic heterocycles. The minimum absolute atomic E-state index is 0.104. The molecule has 2 nitrogen and oxygen atoms in total. The molecule has 0 amide bonds. The first-order valence-electron chi connectivity index (χ1n) is 21.9. The fraction of sp³-hybridized carbons (Fsp3) is 0. The van der Waals surface area contributed by atoms with Crippen LogP contribution in [0.2, 0.25) is 0 Å². The van der Waals surface area contributed by atoms with Crippen LogP contribution in [0.1, 0.15) is 11.0 Å². The van der Waals surface area contributed by atoms with Crippen molar-refractivity contribution in [3.05, 3.63) is 182 Å². The molecule has 0 aliphatic rings. The van der Waals surface area contributed by atoms with E-state index in [9.17, 15) is 5.48 Å². The van der Waals surface area contributed by atoms with E-state index in [0.717, 1.165) is 38.1 Å². The summed E-state index contributed by atoms with van der Waals surface area (Å²) in [5.74, 6) is 0. The molecule has 0 atom stereocenters. The maximum absolute atomic E-state index is 9.73. The molecular formula is C52H30O2. The Hall–Kier alpha value is -7.16. The Labute approximate surface area is 321 Å². The van der Waals surface area contributed by atoms with E-state index in [0.29, 0.717) is 49.6 Å². The number of para-hydroxylation sites is 2. The van der Waals surface area contributed by atoms with Crippen molar-refractivity contribution >= 4 is 87.0 Å². The molecule has 0 saturated carbocycles. The average Bonchev–Trinajstić information content (AvgIpc) is 3.87. The zero-order valence-electron chi connectivity index (χ0n) is 36.5. The van der Waals surface area contributed by atoms with E-state index in [2.05, 4.69) is 30.3 Å². The number of hydrogen-bond donors (Lipinski definition) is 0. The van der Waals surface area contributed by atoms with Gasteiger partial charge in [0.1, 0.15) is 22.3 Å². The van der Waals surface area contributed by atoms with E-state index >= 15 is 0 Å². The maximum Gasteiger partial charge on any atom is 0.144 e. The summed E-state index contributed by atoms with van der Waals surface area (Å²) in [5.41, 5.74) is 5.59. The van der Waals surface area contributed by atoms with Crippen molar-refractivity contribution in [2.24, 2.45) is 0 Å². The second-order valence-corrected chi connectivity index (χ2v) is 13.7. The number of fused-ring (bicyclic) bond motifs is 11. The molecular weight excluding hydrogens is 657 g/mol. The Kier molecular flexibility index (Phi) is 4.70. The number of furan rings is 2. The average molecular weight is 695 g/mol. The van der Waals surface area contributed by atoms with E-state index in [1.807, 2.05) is 103 Å². The fourth-order valence-electron chi connectivity index (χ4n) is 8.58. The van der Waals surface area contributed by atoms with Gasteiger partial charge < -0.3 is 8.83 Å². The summed E-state index contributed by atoms with van der Waals surface area (Å²) in [6.07, 6.45) is 0. The molecule has 54 heavy (non-hydrogen) atoms. The van der Waals surface area contributed by atoms with Gasteiger partial charge >= 0.3 is 0 Å². The summed E-state index contributed by atoms with van der Waals surface area (Å²) in [6, 6.07) is 40.0. The Morgan fingerprint density at radius 3 is 1.67 bits per heavy atom.